The maximum atomic E-state index is 10.8. The molecule has 0 bridgehead atoms. The van der Waals surface area contributed by atoms with Gasteiger partial charge >= 0.3 is 0 Å². The smallest absolute Gasteiger partial charge is 0.252 e. The van der Waals surface area contributed by atoms with Gasteiger partial charge in [-0.2, -0.15) is 0 Å². The molecule has 12 heavy (non-hydrogen) atoms. The first kappa shape index (κ1) is 6.84. The molecule has 1 heterocycles. The number of nitrogens with zero attached hydrogens (tertiary/aromatic N) is 1. The summed E-state index contributed by atoms with van der Waals surface area (Å²) >= 11 is 0. The first-order valence-electron chi connectivity index (χ1n) is 3.42. The summed E-state index contributed by atoms with van der Waals surface area (Å²) in [6.45, 7) is 0. The third kappa shape index (κ3) is 0.852. The van der Waals surface area contributed by atoms with Gasteiger partial charge in [0.1, 0.15) is 0 Å². The second-order valence-corrected chi connectivity index (χ2v) is 2.41. The van der Waals surface area contributed by atoms with Gasteiger partial charge in [-0.25, -0.2) is 0 Å². The lowest BCUT2D eigenvalue weighted by Crippen LogP contribution is -2.10. The lowest BCUT2D eigenvalue weighted by Gasteiger charge is -1.93. The van der Waals surface area contributed by atoms with Gasteiger partial charge in [0.25, 0.3) is 5.91 Å². The molecule has 0 radical (unpaired) electrons. The standard InChI is InChI=1S/C8H6N2O2/c9-8(11)6-3-1-2-5-4-10-12-7(5)6/h1-4H,(H2,9,11). The maximum Gasteiger partial charge on any atom is 0.252 e. The summed E-state index contributed by atoms with van der Waals surface area (Å²) in [5.41, 5.74) is 5.93. The molecule has 0 saturated heterocycles. The number of hydrogen-bond donors (Lipinski definition) is 1. The zero-order valence-electron chi connectivity index (χ0n) is 6.15. The van der Waals surface area contributed by atoms with Crippen LogP contribution < -0.4 is 5.73 Å². The molecule has 2 aromatic rings. The number of amides is 1. The Morgan fingerprint density at radius 1 is 1.50 bits per heavy atom. The second kappa shape index (κ2) is 2.34. The molecule has 0 aliphatic rings. The Morgan fingerprint density at radius 3 is 3.08 bits per heavy atom. The van der Waals surface area contributed by atoms with Gasteiger partial charge in [-0.15, -0.1) is 0 Å². The summed E-state index contributed by atoms with van der Waals surface area (Å²) in [4.78, 5) is 10.8. The van der Waals surface area contributed by atoms with Crippen LogP contribution in [0.4, 0.5) is 0 Å². The van der Waals surface area contributed by atoms with Crippen LogP contribution in [0.5, 0.6) is 0 Å². The summed E-state index contributed by atoms with van der Waals surface area (Å²) in [5.74, 6) is -0.502. The fourth-order valence-corrected chi connectivity index (χ4v) is 1.09. The van der Waals surface area contributed by atoms with E-state index in [0.717, 1.165) is 5.39 Å². The van der Waals surface area contributed by atoms with Crippen LogP contribution in [-0.2, 0) is 0 Å². The van der Waals surface area contributed by atoms with Crippen molar-refractivity contribution in [2.24, 2.45) is 5.73 Å². The van der Waals surface area contributed by atoms with Crippen molar-refractivity contribution in [2.75, 3.05) is 0 Å². The van der Waals surface area contributed by atoms with Gasteiger partial charge in [-0.1, -0.05) is 11.2 Å². The molecule has 0 aliphatic carbocycles. The summed E-state index contributed by atoms with van der Waals surface area (Å²) in [6.07, 6.45) is 1.54. The minimum atomic E-state index is -0.502. The number of carbonyl (C=O) groups excluding carboxylic acids is 1. The van der Waals surface area contributed by atoms with Crippen LogP contribution >= 0.6 is 0 Å². The van der Waals surface area contributed by atoms with E-state index in [-0.39, 0.29) is 0 Å². The zero-order valence-corrected chi connectivity index (χ0v) is 6.15. The highest BCUT2D eigenvalue weighted by atomic mass is 16.5. The molecule has 2 N–H and O–H groups in total. The van der Waals surface area contributed by atoms with Gasteiger partial charge < -0.3 is 10.3 Å². The summed E-state index contributed by atoms with van der Waals surface area (Å²) in [5, 5.41) is 4.35. The Labute approximate surface area is 67.9 Å². The first-order chi connectivity index (χ1) is 5.79. The highest BCUT2D eigenvalue weighted by Gasteiger charge is 2.08. The maximum absolute atomic E-state index is 10.8. The van der Waals surface area contributed by atoms with Gasteiger partial charge in [0, 0.05) is 5.39 Å². The van der Waals surface area contributed by atoms with Crippen molar-refractivity contribution in [2.45, 2.75) is 0 Å². The molecule has 1 aromatic carbocycles. The second-order valence-electron chi connectivity index (χ2n) is 2.41. The molecule has 1 aromatic heterocycles. The number of fused-ring (bicyclic) bond motifs is 1. The van der Waals surface area contributed by atoms with Crippen LogP contribution in [0.2, 0.25) is 0 Å². The normalized spacial score (nSPS) is 10.3. The van der Waals surface area contributed by atoms with E-state index in [9.17, 15) is 4.79 Å². The molecule has 0 saturated carbocycles. The van der Waals surface area contributed by atoms with Gasteiger partial charge in [-0.05, 0) is 12.1 Å². The molecule has 2 rings (SSSR count). The van der Waals surface area contributed by atoms with Crippen molar-refractivity contribution in [3.63, 3.8) is 0 Å². The Hall–Kier alpha value is -1.84. The number of primary amides is 1. The average molecular weight is 162 g/mol. The topological polar surface area (TPSA) is 69.1 Å². The molecule has 4 nitrogen and oxygen atoms in total. The lowest BCUT2D eigenvalue weighted by atomic mass is 10.1. The summed E-state index contributed by atoms with van der Waals surface area (Å²) in [6, 6.07) is 5.15. The minimum Gasteiger partial charge on any atom is -0.365 e. The van der Waals surface area contributed by atoms with Crippen molar-refractivity contribution < 1.29 is 9.32 Å². The van der Waals surface area contributed by atoms with E-state index in [1.807, 2.05) is 0 Å². The Morgan fingerprint density at radius 2 is 2.33 bits per heavy atom. The highest BCUT2D eigenvalue weighted by Crippen LogP contribution is 2.16. The van der Waals surface area contributed by atoms with E-state index in [4.69, 9.17) is 10.3 Å². The number of rotatable bonds is 1. The third-order valence-corrected chi connectivity index (χ3v) is 1.65. The predicted octanol–water partition coefficient (Wildman–Crippen LogP) is 0.927. The average Bonchev–Trinajstić information content (AvgIpc) is 2.49. The van der Waals surface area contributed by atoms with Crippen molar-refractivity contribution in [3.8, 4) is 0 Å². The molecular weight excluding hydrogens is 156 g/mol. The number of aromatic nitrogens is 1. The van der Waals surface area contributed by atoms with Crippen LogP contribution in [-0.4, -0.2) is 11.1 Å². The number of nitrogens with two attached hydrogens (primary N) is 1. The molecule has 0 aliphatic heterocycles. The monoisotopic (exact) mass is 162 g/mol. The Bertz CT molecular complexity index is 433. The van der Waals surface area contributed by atoms with E-state index in [0.29, 0.717) is 11.1 Å². The van der Waals surface area contributed by atoms with Crippen molar-refractivity contribution in [1.82, 2.24) is 5.16 Å². The van der Waals surface area contributed by atoms with Crippen LogP contribution in [0.1, 0.15) is 10.4 Å². The fourth-order valence-electron chi connectivity index (χ4n) is 1.09. The van der Waals surface area contributed by atoms with E-state index >= 15 is 0 Å². The lowest BCUT2D eigenvalue weighted by molar-refractivity contribution is 0.100. The molecule has 1 amide bonds. The Balaban J connectivity index is 2.82. The fraction of sp³-hybridized carbons (Fsp3) is 0. The van der Waals surface area contributed by atoms with E-state index in [2.05, 4.69) is 5.16 Å². The molecule has 4 heteroatoms. The predicted molar refractivity (Wildman–Crippen MR) is 42.5 cm³/mol. The van der Waals surface area contributed by atoms with Crippen LogP contribution in [0.25, 0.3) is 11.0 Å². The van der Waals surface area contributed by atoms with Crippen molar-refractivity contribution in [3.05, 3.63) is 30.0 Å². The van der Waals surface area contributed by atoms with Crippen molar-refractivity contribution >= 4 is 16.9 Å². The minimum absolute atomic E-state index is 0.366. The van der Waals surface area contributed by atoms with Crippen molar-refractivity contribution in [1.29, 1.82) is 0 Å². The van der Waals surface area contributed by atoms with Gasteiger partial charge in [0.05, 0.1) is 11.8 Å². The molecule has 0 fully saturated rings. The zero-order chi connectivity index (χ0) is 8.55. The summed E-state index contributed by atoms with van der Waals surface area (Å²) < 4.78 is 4.86. The van der Waals surface area contributed by atoms with Gasteiger partial charge in [-0.3, -0.25) is 4.79 Å². The molecule has 60 valence electrons. The quantitative estimate of drug-likeness (QED) is 0.678. The van der Waals surface area contributed by atoms with Crippen LogP contribution in [0.3, 0.4) is 0 Å². The summed E-state index contributed by atoms with van der Waals surface area (Å²) in [7, 11) is 0. The van der Waals surface area contributed by atoms with E-state index < -0.39 is 5.91 Å². The van der Waals surface area contributed by atoms with E-state index in [1.165, 1.54) is 0 Å². The molecule has 0 spiro atoms. The SMILES string of the molecule is NC(=O)c1cccc2cnoc12. The van der Waals surface area contributed by atoms with E-state index in [1.54, 1.807) is 24.4 Å². The number of para-hydroxylation sites is 1. The highest BCUT2D eigenvalue weighted by molar-refractivity contribution is 6.03. The largest absolute Gasteiger partial charge is 0.365 e. The first-order valence-corrected chi connectivity index (χ1v) is 3.42. The van der Waals surface area contributed by atoms with Crippen LogP contribution in [0, 0.1) is 0 Å². The van der Waals surface area contributed by atoms with Gasteiger partial charge in [0.15, 0.2) is 5.58 Å². The number of hydrogen-bond acceptors (Lipinski definition) is 3. The number of benzene rings is 1. The van der Waals surface area contributed by atoms with Gasteiger partial charge in [0.2, 0.25) is 0 Å². The Kier molecular flexibility index (Phi) is 1.33. The molecule has 0 unspecified atom stereocenters. The third-order valence-electron chi connectivity index (χ3n) is 1.65. The molecule has 0 atom stereocenters. The van der Waals surface area contributed by atoms with Crippen LogP contribution in [0.15, 0.2) is 28.9 Å². The number of carbonyl (C=O) groups is 1. The molecular formula is C8H6N2O2.